The summed E-state index contributed by atoms with van der Waals surface area (Å²) in [6.45, 7) is 6.18. The van der Waals surface area contributed by atoms with Crippen LogP contribution in [0.15, 0.2) is 41.1 Å². The van der Waals surface area contributed by atoms with E-state index in [2.05, 4.69) is 16.8 Å². The van der Waals surface area contributed by atoms with Gasteiger partial charge in [-0.3, -0.25) is 10.1 Å². The van der Waals surface area contributed by atoms with E-state index in [1.165, 1.54) is 5.56 Å². The Kier molecular flexibility index (Phi) is 5.32. The second-order valence-electron chi connectivity index (χ2n) is 7.42. The smallest absolute Gasteiger partial charge is 0.412 e. The number of amides is 2. The van der Waals surface area contributed by atoms with Gasteiger partial charge in [0, 0.05) is 17.8 Å². The van der Waals surface area contributed by atoms with Crippen LogP contribution in [0, 0.1) is 0 Å². The minimum absolute atomic E-state index is 0.00783. The first kappa shape index (κ1) is 18.5. The van der Waals surface area contributed by atoms with Crippen molar-refractivity contribution in [1.82, 2.24) is 4.90 Å². The van der Waals surface area contributed by atoms with E-state index in [0.29, 0.717) is 11.3 Å². The Labute approximate surface area is 158 Å². The summed E-state index contributed by atoms with van der Waals surface area (Å²) >= 11 is 1.65. The fourth-order valence-corrected chi connectivity index (χ4v) is 3.85. The van der Waals surface area contributed by atoms with Gasteiger partial charge in [-0.05, 0) is 74.2 Å². The van der Waals surface area contributed by atoms with Crippen LogP contribution in [0.2, 0.25) is 0 Å². The van der Waals surface area contributed by atoms with Crippen LogP contribution in [0.3, 0.4) is 0 Å². The highest BCUT2D eigenvalue weighted by Gasteiger charge is 2.30. The molecule has 0 aliphatic carbocycles. The zero-order valence-electron chi connectivity index (χ0n) is 15.3. The van der Waals surface area contributed by atoms with E-state index in [1.807, 2.05) is 31.1 Å². The van der Waals surface area contributed by atoms with E-state index in [1.54, 1.807) is 35.6 Å². The van der Waals surface area contributed by atoms with Gasteiger partial charge in [0.05, 0.1) is 6.04 Å². The maximum absolute atomic E-state index is 13.0. The molecule has 138 valence electrons. The molecule has 6 heteroatoms. The minimum Gasteiger partial charge on any atom is -0.444 e. The number of carbonyl (C=O) groups is 2. The van der Waals surface area contributed by atoms with Crippen molar-refractivity contribution in [3.63, 3.8) is 0 Å². The molecule has 1 aliphatic rings. The number of nitrogens with zero attached hydrogens (tertiary/aromatic N) is 1. The first-order valence-electron chi connectivity index (χ1n) is 8.76. The van der Waals surface area contributed by atoms with Crippen LogP contribution < -0.4 is 5.32 Å². The summed E-state index contributed by atoms with van der Waals surface area (Å²) < 4.78 is 5.26. The van der Waals surface area contributed by atoms with Crippen molar-refractivity contribution in [2.24, 2.45) is 0 Å². The normalized spacial score (nSPS) is 17.2. The topological polar surface area (TPSA) is 58.6 Å². The quantitative estimate of drug-likeness (QED) is 0.818. The monoisotopic (exact) mass is 372 g/mol. The van der Waals surface area contributed by atoms with Gasteiger partial charge in [0.2, 0.25) is 0 Å². The Morgan fingerprint density at radius 3 is 2.77 bits per heavy atom. The molecule has 0 saturated carbocycles. The Balaban J connectivity index is 1.73. The number of ether oxygens (including phenoxy) is 1. The fourth-order valence-electron chi connectivity index (χ4n) is 3.14. The second-order valence-corrected chi connectivity index (χ2v) is 8.20. The summed E-state index contributed by atoms with van der Waals surface area (Å²) in [6, 6.07) is 9.23. The number of rotatable bonds is 3. The van der Waals surface area contributed by atoms with Gasteiger partial charge in [-0.2, -0.15) is 11.3 Å². The van der Waals surface area contributed by atoms with Crippen LogP contribution in [0.25, 0.3) is 0 Å². The lowest BCUT2D eigenvalue weighted by Gasteiger charge is -2.24. The molecule has 2 heterocycles. The summed E-state index contributed by atoms with van der Waals surface area (Å²) in [4.78, 5) is 26.9. The second kappa shape index (κ2) is 7.50. The molecule has 1 saturated heterocycles. The standard InChI is InChI=1S/C20H24N2O3S/c1-20(2,3)25-19(24)21-16-7-4-6-14(12-16)18(23)22-10-5-8-17(22)15-9-11-26-13-15/h4,6-7,9,11-13,17H,5,8,10H2,1-3H3,(H,21,24)/t17-/m0/s1. The van der Waals surface area contributed by atoms with Crippen molar-refractivity contribution in [3.8, 4) is 0 Å². The predicted molar refractivity (Wildman–Crippen MR) is 104 cm³/mol. The number of anilines is 1. The number of nitrogens with one attached hydrogen (secondary N) is 1. The highest BCUT2D eigenvalue weighted by Crippen LogP contribution is 2.34. The minimum atomic E-state index is -0.569. The molecule has 5 nitrogen and oxygen atoms in total. The average molecular weight is 372 g/mol. The third-order valence-electron chi connectivity index (χ3n) is 4.20. The van der Waals surface area contributed by atoms with Crippen LogP contribution in [0.1, 0.15) is 55.6 Å². The molecule has 26 heavy (non-hydrogen) atoms. The van der Waals surface area contributed by atoms with Crippen molar-refractivity contribution in [3.05, 3.63) is 52.2 Å². The maximum atomic E-state index is 13.0. The van der Waals surface area contributed by atoms with Gasteiger partial charge in [-0.25, -0.2) is 4.79 Å². The third kappa shape index (κ3) is 4.43. The zero-order valence-corrected chi connectivity index (χ0v) is 16.1. The summed E-state index contributed by atoms with van der Waals surface area (Å²) in [5.74, 6) is -0.00783. The summed E-state index contributed by atoms with van der Waals surface area (Å²) in [7, 11) is 0. The molecule has 0 spiro atoms. The maximum Gasteiger partial charge on any atom is 0.412 e. The van der Waals surface area contributed by atoms with Gasteiger partial charge in [0.25, 0.3) is 5.91 Å². The van der Waals surface area contributed by atoms with Crippen molar-refractivity contribution in [1.29, 1.82) is 0 Å². The first-order valence-corrected chi connectivity index (χ1v) is 9.71. The zero-order chi connectivity index (χ0) is 18.7. The van der Waals surface area contributed by atoms with E-state index in [9.17, 15) is 9.59 Å². The van der Waals surface area contributed by atoms with Crippen LogP contribution >= 0.6 is 11.3 Å². The summed E-state index contributed by atoms with van der Waals surface area (Å²) in [5, 5.41) is 6.84. The summed E-state index contributed by atoms with van der Waals surface area (Å²) in [5.41, 5.74) is 1.75. The molecule has 1 fully saturated rings. The lowest BCUT2D eigenvalue weighted by Crippen LogP contribution is -2.30. The molecule has 2 amide bonds. The van der Waals surface area contributed by atoms with Crippen LogP contribution in [-0.4, -0.2) is 29.0 Å². The van der Waals surface area contributed by atoms with E-state index < -0.39 is 11.7 Å². The van der Waals surface area contributed by atoms with Crippen LogP contribution in [0.4, 0.5) is 10.5 Å². The van der Waals surface area contributed by atoms with Gasteiger partial charge in [-0.1, -0.05) is 6.07 Å². The molecule has 0 unspecified atom stereocenters. The van der Waals surface area contributed by atoms with Crippen molar-refractivity contribution < 1.29 is 14.3 Å². The van der Waals surface area contributed by atoms with Crippen molar-refractivity contribution in [2.75, 3.05) is 11.9 Å². The summed E-state index contributed by atoms with van der Waals surface area (Å²) in [6.07, 6.45) is 1.46. The largest absolute Gasteiger partial charge is 0.444 e. The molecule has 1 aromatic carbocycles. The third-order valence-corrected chi connectivity index (χ3v) is 4.90. The fraction of sp³-hybridized carbons (Fsp3) is 0.400. The number of benzene rings is 1. The number of thiophene rings is 1. The molecule has 1 aromatic heterocycles. The first-order chi connectivity index (χ1) is 12.3. The van der Waals surface area contributed by atoms with Gasteiger partial charge in [0.15, 0.2) is 0 Å². The average Bonchev–Trinajstić information content (AvgIpc) is 3.23. The van der Waals surface area contributed by atoms with Gasteiger partial charge >= 0.3 is 6.09 Å². The highest BCUT2D eigenvalue weighted by atomic mass is 32.1. The van der Waals surface area contributed by atoms with Crippen LogP contribution in [0.5, 0.6) is 0 Å². The van der Waals surface area contributed by atoms with E-state index in [0.717, 1.165) is 19.4 Å². The van der Waals surface area contributed by atoms with Gasteiger partial charge in [0.1, 0.15) is 5.60 Å². The molecule has 3 rings (SSSR count). The predicted octanol–water partition coefficient (Wildman–Crippen LogP) is 5.07. The molecule has 1 N–H and O–H groups in total. The molecular weight excluding hydrogens is 348 g/mol. The lowest BCUT2D eigenvalue weighted by atomic mass is 10.1. The van der Waals surface area contributed by atoms with Gasteiger partial charge in [-0.15, -0.1) is 0 Å². The van der Waals surface area contributed by atoms with Crippen LogP contribution in [-0.2, 0) is 4.74 Å². The molecular formula is C20H24N2O3S. The molecule has 0 bridgehead atoms. The Morgan fingerprint density at radius 2 is 2.08 bits per heavy atom. The molecule has 0 radical (unpaired) electrons. The number of hydrogen-bond acceptors (Lipinski definition) is 4. The van der Waals surface area contributed by atoms with Crippen molar-refractivity contribution in [2.45, 2.75) is 45.3 Å². The molecule has 2 aromatic rings. The SMILES string of the molecule is CC(C)(C)OC(=O)Nc1cccc(C(=O)N2CCC[C@H]2c2ccsc2)c1. The van der Waals surface area contributed by atoms with E-state index in [4.69, 9.17) is 4.74 Å². The van der Waals surface area contributed by atoms with Gasteiger partial charge < -0.3 is 9.64 Å². The molecule has 1 atom stereocenters. The Bertz CT molecular complexity index is 781. The Morgan fingerprint density at radius 1 is 1.27 bits per heavy atom. The van der Waals surface area contributed by atoms with Crippen molar-refractivity contribution >= 4 is 29.0 Å². The number of likely N-dealkylation sites (tertiary alicyclic amines) is 1. The lowest BCUT2D eigenvalue weighted by molar-refractivity contribution is 0.0634. The molecule has 1 aliphatic heterocycles. The number of carbonyl (C=O) groups excluding carboxylic acids is 2. The van der Waals surface area contributed by atoms with E-state index >= 15 is 0 Å². The highest BCUT2D eigenvalue weighted by molar-refractivity contribution is 7.08. The number of hydrogen-bond donors (Lipinski definition) is 1. The Hall–Kier alpha value is -2.34. The van der Waals surface area contributed by atoms with E-state index in [-0.39, 0.29) is 11.9 Å².